The number of halogens is 3. The lowest BCUT2D eigenvalue weighted by molar-refractivity contribution is -0.138. The number of hydrogen-bond acceptors (Lipinski definition) is 7. The third-order valence-electron chi connectivity index (χ3n) is 7.34. The molecule has 2 heterocycles. The molecule has 47 heavy (non-hydrogen) atoms. The second kappa shape index (κ2) is 14.3. The first-order valence-electron chi connectivity index (χ1n) is 14.4. The first-order chi connectivity index (χ1) is 22.8. The molecule has 4 aromatic carbocycles. The number of hydrogen-bond donors (Lipinski definition) is 0. The Kier molecular flexibility index (Phi) is 10.00. The van der Waals surface area contributed by atoms with Gasteiger partial charge in [-0.1, -0.05) is 65.9 Å². The summed E-state index contributed by atoms with van der Waals surface area (Å²) in [6, 6.07) is 27.4. The number of benzene rings is 4. The zero-order valence-corrected chi connectivity index (χ0v) is 29.9. The van der Waals surface area contributed by atoms with E-state index in [9.17, 15) is 14.0 Å². The lowest BCUT2D eigenvalue weighted by Gasteiger charge is -2.25. The number of rotatable bonds is 8. The summed E-state index contributed by atoms with van der Waals surface area (Å²) in [7, 11) is 0. The normalized spacial score (nSPS) is 14.3. The number of fused-ring (bicyclic) bond motifs is 1. The van der Waals surface area contributed by atoms with Gasteiger partial charge in [0.1, 0.15) is 18.2 Å². The molecule has 234 valence electrons. The second-order valence-corrected chi connectivity index (χ2v) is 13.7. The first kappa shape index (κ1) is 32.8. The number of nitrogens with zero attached hydrogens (tertiary/aromatic N) is 3. The second-order valence-electron chi connectivity index (χ2n) is 10.4. The van der Waals surface area contributed by atoms with Gasteiger partial charge in [0.2, 0.25) is 0 Å². The van der Waals surface area contributed by atoms with E-state index in [0.29, 0.717) is 38.3 Å². The molecule has 0 aliphatic carbocycles. The lowest BCUT2D eigenvalue weighted by atomic mass is 9.93. The molecule has 0 spiro atoms. The van der Waals surface area contributed by atoms with Crippen molar-refractivity contribution in [2.45, 2.75) is 19.6 Å². The molecular weight excluding hydrogens is 843 g/mol. The Morgan fingerprint density at radius 3 is 2.36 bits per heavy atom. The summed E-state index contributed by atoms with van der Waals surface area (Å²) < 4.78 is 29.3. The predicted octanol–water partition coefficient (Wildman–Crippen LogP) is 6.73. The third-order valence-corrected chi connectivity index (χ3v) is 9.93. The molecule has 6 rings (SSSR count). The minimum Gasteiger partial charge on any atom is -0.487 e. The van der Waals surface area contributed by atoms with Gasteiger partial charge in [-0.25, -0.2) is 14.2 Å². The summed E-state index contributed by atoms with van der Waals surface area (Å²) >= 11 is 5.65. The molecule has 7 nitrogen and oxygen atoms in total. The quantitative estimate of drug-likeness (QED) is 0.128. The topological polar surface area (TPSA) is 93.7 Å². The van der Waals surface area contributed by atoms with Gasteiger partial charge in [0.15, 0.2) is 4.80 Å². The number of nitriles is 1. The van der Waals surface area contributed by atoms with Crippen molar-refractivity contribution >= 4 is 74.3 Å². The van der Waals surface area contributed by atoms with Crippen LogP contribution in [0.4, 0.5) is 4.39 Å². The van der Waals surface area contributed by atoms with Crippen LogP contribution in [0.2, 0.25) is 0 Å². The zero-order chi connectivity index (χ0) is 33.1. The van der Waals surface area contributed by atoms with Crippen molar-refractivity contribution in [2.75, 3.05) is 6.61 Å². The van der Waals surface area contributed by atoms with E-state index in [1.165, 1.54) is 28.0 Å². The molecule has 11 heteroatoms. The maximum atomic E-state index is 14.2. The molecule has 0 bridgehead atoms. The fourth-order valence-electron chi connectivity index (χ4n) is 5.18. The molecule has 0 unspecified atom stereocenters. The molecule has 0 fully saturated rings. The van der Waals surface area contributed by atoms with E-state index in [2.05, 4.69) is 51.3 Å². The largest absolute Gasteiger partial charge is 0.487 e. The molecule has 1 aliphatic heterocycles. The van der Waals surface area contributed by atoms with Crippen LogP contribution in [0.15, 0.2) is 106 Å². The Balaban J connectivity index is 1.45. The molecule has 0 saturated heterocycles. The van der Waals surface area contributed by atoms with Crippen LogP contribution in [0.1, 0.15) is 40.8 Å². The number of aromatic nitrogens is 1. The maximum absolute atomic E-state index is 14.2. The lowest BCUT2D eigenvalue weighted by Crippen LogP contribution is -2.40. The highest BCUT2D eigenvalue weighted by Crippen LogP contribution is 2.35. The zero-order valence-electron chi connectivity index (χ0n) is 24.7. The molecule has 1 aromatic heterocycles. The molecule has 0 N–H and O–H groups in total. The van der Waals surface area contributed by atoms with Gasteiger partial charge in [0, 0.05) is 5.56 Å². The molecule has 0 radical (unpaired) electrons. The van der Waals surface area contributed by atoms with Crippen molar-refractivity contribution in [1.29, 1.82) is 5.26 Å². The van der Waals surface area contributed by atoms with Gasteiger partial charge >= 0.3 is 5.97 Å². The number of esters is 1. The Morgan fingerprint density at radius 1 is 1.04 bits per heavy atom. The molecule has 0 amide bonds. The summed E-state index contributed by atoms with van der Waals surface area (Å²) in [5, 5.41) is 9.05. The van der Waals surface area contributed by atoms with E-state index in [0.717, 1.165) is 24.0 Å². The van der Waals surface area contributed by atoms with Crippen molar-refractivity contribution < 1.29 is 18.7 Å². The molecular formula is C36H24FI2N3O4S. The van der Waals surface area contributed by atoms with Gasteiger partial charge in [0.05, 0.1) is 47.2 Å². The van der Waals surface area contributed by atoms with Crippen LogP contribution in [-0.2, 0) is 16.1 Å². The van der Waals surface area contributed by atoms with Crippen molar-refractivity contribution in [3.8, 4) is 11.8 Å². The van der Waals surface area contributed by atoms with Crippen molar-refractivity contribution in [2.24, 2.45) is 4.99 Å². The van der Waals surface area contributed by atoms with Crippen LogP contribution < -0.4 is 19.6 Å². The van der Waals surface area contributed by atoms with Crippen molar-refractivity contribution in [1.82, 2.24) is 4.57 Å². The number of thiazole rings is 1. The molecule has 1 aliphatic rings. The Hall–Kier alpha value is -4.13. The minimum atomic E-state index is -0.887. The van der Waals surface area contributed by atoms with E-state index >= 15 is 0 Å². The van der Waals surface area contributed by atoms with Crippen LogP contribution >= 0.6 is 56.5 Å². The Bertz CT molecular complexity index is 2220. The fraction of sp³-hybridized carbons (Fsp3) is 0.111. The Morgan fingerprint density at radius 2 is 1.72 bits per heavy atom. The monoisotopic (exact) mass is 867 g/mol. The van der Waals surface area contributed by atoms with Gasteiger partial charge in [-0.15, -0.1) is 0 Å². The summed E-state index contributed by atoms with van der Waals surface area (Å²) in [5.74, 6) is -0.309. The van der Waals surface area contributed by atoms with E-state index in [1.54, 1.807) is 37.3 Å². The predicted molar refractivity (Wildman–Crippen MR) is 195 cm³/mol. The highest BCUT2D eigenvalue weighted by molar-refractivity contribution is 14.1. The van der Waals surface area contributed by atoms with Crippen LogP contribution in [0.25, 0.3) is 11.8 Å². The van der Waals surface area contributed by atoms with Crippen LogP contribution in [0.5, 0.6) is 5.75 Å². The fourth-order valence-corrected chi connectivity index (χ4v) is 8.31. The van der Waals surface area contributed by atoms with E-state index < -0.39 is 17.8 Å². The highest BCUT2D eigenvalue weighted by atomic mass is 127. The van der Waals surface area contributed by atoms with E-state index in [4.69, 9.17) is 19.7 Å². The van der Waals surface area contributed by atoms with E-state index in [-0.39, 0.29) is 17.7 Å². The van der Waals surface area contributed by atoms with Gasteiger partial charge in [-0.05, 0) is 111 Å². The van der Waals surface area contributed by atoms with Gasteiger partial charge in [-0.3, -0.25) is 9.36 Å². The van der Waals surface area contributed by atoms with Gasteiger partial charge in [-0.2, -0.15) is 5.26 Å². The SMILES string of the molecule is CCOC(=O)C1=C(c2ccccc2)N=c2s/c(=C\c3cc(I)c(OCc4ccc(C#N)cc4)c(I)c3)c(=O)n2[C@H]1c1ccc(F)cc1. The summed E-state index contributed by atoms with van der Waals surface area (Å²) in [6.07, 6.45) is 1.80. The maximum Gasteiger partial charge on any atom is 0.338 e. The summed E-state index contributed by atoms with van der Waals surface area (Å²) in [4.78, 5) is 33.0. The highest BCUT2D eigenvalue weighted by Gasteiger charge is 2.35. The molecule has 5 aromatic rings. The van der Waals surface area contributed by atoms with Crippen LogP contribution in [0.3, 0.4) is 0 Å². The van der Waals surface area contributed by atoms with Crippen molar-refractivity contribution in [3.63, 3.8) is 0 Å². The number of carbonyl (C=O) groups excluding carboxylic acids is 1. The Labute approximate surface area is 300 Å². The average molecular weight is 867 g/mol. The molecule has 0 saturated carbocycles. The average Bonchev–Trinajstić information content (AvgIpc) is 3.38. The standard InChI is InChI=1S/C36H24FI2N3O4S/c1-2-45-35(44)30-31(24-6-4-3-5-7-24)41-36-42(32(30)25-12-14-26(37)15-13-25)34(43)29(47-36)18-23-16-27(38)33(28(39)17-23)46-20-22-10-8-21(19-40)9-11-22/h3-18,32H,2,20H2,1H3/b29-18-/t32-/m0/s1. The van der Waals surface area contributed by atoms with Gasteiger partial charge in [0.25, 0.3) is 5.56 Å². The third kappa shape index (κ3) is 6.95. The number of carbonyl (C=O) groups is 1. The number of ether oxygens (including phenoxy) is 2. The molecule has 1 atom stereocenters. The first-order valence-corrected chi connectivity index (χ1v) is 17.4. The van der Waals surface area contributed by atoms with Crippen LogP contribution in [0, 0.1) is 24.3 Å². The minimum absolute atomic E-state index is 0.134. The summed E-state index contributed by atoms with van der Waals surface area (Å²) in [6.45, 7) is 2.19. The smallest absolute Gasteiger partial charge is 0.338 e. The van der Waals surface area contributed by atoms with Gasteiger partial charge < -0.3 is 9.47 Å². The van der Waals surface area contributed by atoms with Crippen molar-refractivity contribution in [3.05, 3.63) is 157 Å². The summed E-state index contributed by atoms with van der Waals surface area (Å²) in [5.41, 5.74) is 3.84. The van der Waals surface area contributed by atoms with E-state index in [1.807, 2.05) is 54.6 Å². The van der Waals surface area contributed by atoms with Crippen LogP contribution in [-0.4, -0.2) is 17.1 Å².